The third-order valence-corrected chi connectivity index (χ3v) is 2.92. The highest BCUT2D eigenvalue weighted by molar-refractivity contribution is 5.91. The van der Waals surface area contributed by atoms with Crippen LogP contribution < -0.4 is 16.0 Å². The van der Waals surface area contributed by atoms with Crippen molar-refractivity contribution in [2.45, 2.75) is 6.42 Å². The van der Waals surface area contributed by atoms with Crippen LogP contribution in [0.3, 0.4) is 0 Å². The lowest BCUT2D eigenvalue weighted by Crippen LogP contribution is -2.23. The fourth-order valence-electron chi connectivity index (χ4n) is 1.96. The van der Waals surface area contributed by atoms with Crippen molar-refractivity contribution in [3.8, 4) is 0 Å². The number of hydrogen-bond donors (Lipinski definition) is 2. The average Bonchev–Trinajstić information content (AvgIpc) is 2.37. The first-order chi connectivity index (χ1) is 8.72. The van der Waals surface area contributed by atoms with Crippen LogP contribution in [0, 0.1) is 0 Å². The minimum atomic E-state index is 0.727. The molecule has 96 valence electrons. The van der Waals surface area contributed by atoms with E-state index in [2.05, 4.69) is 20.2 Å². The Morgan fingerprint density at radius 3 is 2.94 bits per heavy atom. The van der Waals surface area contributed by atoms with E-state index in [1.807, 2.05) is 32.3 Å². The molecule has 0 saturated carbocycles. The van der Waals surface area contributed by atoms with Crippen molar-refractivity contribution in [2.75, 3.05) is 37.8 Å². The van der Waals surface area contributed by atoms with Crippen LogP contribution in [-0.4, -0.2) is 37.2 Å². The fraction of sp³-hybridized carbons (Fsp3) is 0.385. The summed E-state index contributed by atoms with van der Waals surface area (Å²) in [4.78, 5) is 10.8. The van der Waals surface area contributed by atoms with E-state index in [0.717, 1.165) is 41.9 Å². The molecular weight excluding hydrogens is 226 g/mol. The molecule has 0 radical (unpaired) electrons. The molecule has 0 aliphatic heterocycles. The second kappa shape index (κ2) is 5.64. The van der Waals surface area contributed by atoms with E-state index in [1.54, 1.807) is 6.33 Å². The predicted octanol–water partition coefficient (Wildman–Crippen LogP) is 1.26. The van der Waals surface area contributed by atoms with Gasteiger partial charge < -0.3 is 16.0 Å². The van der Waals surface area contributed by atoms with Crippen molar-refractivity contribution < 1.29 is 0 Å². The molecule has 2 aromatic rings. The maximum Gasteiger partial charge on any atom is 0.139 e. The molecule has 0 aliphatic carbocycles. The highest BCUT2D eigenvalue weighted by Crippen LogP contribution is 2.23. The summed E-state index contributed by atoms with van der Waals surface area (Å²) in [5.41, 5.74) is 7.38. The lowest BCUT2D eigenvalue weighted by molar-refractivity contribution is 0.710. The first kappa shape index (κ1) is 12.6. The standard InChI is InChI=1S/C13H19N5/c1-15-6-3-7-18(2)13-11-5-4-10(14)8-12(11)16-9-17-13/h4-5,8-9,15H,3,6-7,14H2,1-2H3. The van der Waals surface area contributed by atoms with Gasteiger partial charge in [0.25, 0.3) is 0 Å². The number of rotatable bonds is 5. The topological polar surface area (TPSA) is 67.1 Å². The number of nitrogen functional groups attached to an aromatic ring is 1. The lowest BCUT2D eigenvalue weighted by Gasteiger charge is -2.19. The van der Waals surface area contributed by atoms with E-state index in [4.69, 9.17) is 5.73 Å². The maximum atomic E-state index is 5.77. The first-order valence-corrected chi connectivity index (χ1v) is 6.08. The summed E-state index contributed by atoms with van der Waals surface area (Å²) in [5, 5.41) is 4.18. The Morgan fingerprint density at radius 1 is 1.33 bits per heavy atom. The lowest BCUT2D eigenvalue weighted by atomic mass is 10.2. The molecule has 5 heteroatoms. The van der Waals surface area contributed by atoms with Crippen LogP contribution in [0.1, 0.15) is 6.42 Å². The zero-order valence-corrected chi connectivity index (χ0v) is 10.8. The fourth-order valence-corrected chi connectivity index (χ4v) is 1.96. The van der Waals surface area contributed by atoms with Crippen molar-refractivity contribution in [2.24, 2.45) is 0 Å². The van der Waals surface area contributed by atoms with E-state index < -0.39 is 0 Å². The first-order valence-electron chi connectivity index (χ1n) is 6.08. The summed E-state index contributed by atoms with van der Waals surface area (Å²) in [6, 6.07) is 5.74. The highest BCUT2D eigenvalue weighted by Gasteiger charge is 2.08. The normalized spacial score (nSPS) is 10.8. The molecule has 0 saturated heterocycles. The Bertz CT molecular complexity index is 526. The summed E-state index contributed by atoms with van der Waals surface area (Å²) >= 11 is 0. The zero-order valence-electron chi connectivity index (χ0n) is 10.8. The van der Waals surface area contributed by atoms with Gasteiger partial charge in [0.1, 0.15) is 12.1 Å². The van der Waals surface area contributed by atoms with Gasteiger partial charge in [-0.3, -0.25) is 0 Å². The molecular formula is C13H19N5. The van der Waals surface area contributed by atoms with Crippen LogP contribution in [0.15, 0.2) is 24.5 Å². The quantitative estimate of drug-likeness (QED) is 0.613. The van der Waals surface area contributed by atoms with Crippen LogP contribution in [0.5, 0.6) is 0 Å². The number of benzene rings is 1. The summed E-state index contributed by atoms with van der Waals surface area (Å²) in [7, 11) is 4.01. The third kappa shape index (κ3) is 2.68. The van der Waals surface area contributed by atoms with Gasteiger partial charge in [0.2, 0.25) is 0 Å². The van der Waals surface area contributed by atoms with Crippen LogP contribution in [0.4, 0.5) is 11.5 Å². The van der Waals surface area contributed by atoms with Crippen molar-refractivity contribution in [3.05, 3.63) is 24.5 Å². The number of nitrogens with two attached hydrogens (primary N) is 1. The van der Waals surface area contributed by atoms with Gasteiger partial charge in [0.15, 0.2) is 0 Å². The molecule has 0 aliphatic rings. The molecule has 1 heterocycles. The van der Waals surface area contributed by atoms with Crippen molar-refractivity contribution in [3.63, 3.8) is 0 Å². The van der Waals surface area contributed by atoms with E-state index >= 15 is 0 Å². The molecule has 2 rings (SSSR count). The molecule has 1 aromatic heterocycles. The van der Waals surface area contributed by atoms with E-state index in [0.29, 0.717) is 0 Å². The summed E-state index contributed by atoms with van der Waals surface area (Å²) in [6.45, 7) is 1.96. The Kier molecular flexibility index (Phi) is 3.94. The largest absolute Gasteiger partial charge is 0.399 e. The summed E-state index contributed by atoms with van der Waals surface area (Å²) < 4.78 is 0. The van der Waals surface area contributed by atoms with Crippen molar-refractivity contribution >= 4 is 22.4 Å². The number of fused-ring (bicyclic) bond motifs is 1. The average molecular weight is 245 g/mol. The second-order valence-corrected chi connectivity index (χ2v) is 4.35. The monoisotopic (exact) mass is 245 g/mol. The number of nitrogens with zero attached hydrogens (tertiary/aromatic N) is 3. The predicted molar refractivity (Wildman–Crippen MR) is 75.8 cm³/mol. The minimum absolute atomic E-state index is 0.727. The van der Waals surface area contributed by atoms with Gasteiger partial charge in [0, 0.05) is 24.7 Å². The molecule has 0 fully saturated rings. The molecule has 1 aromatic carbocycles. The Hall–Kier alpha value is -1.88. The molecule has 18 heavy (non-hydrogen) atoms. The van der Waals surface area contributed by atoms with E-state index in [9.17, 15) is 0 Å². The SMILES string of the molecule is CNCCCN(C)c1ncnc2cc(N)ccc12. The Labute approximate surface area is 107 Å². The molecule has 5 nitrogen and oxygen atoms in total. The molecule has 0 spiro atoms. The summed E-state index contributed by atoms with van der Waals surface area (Å²) in [5.74, 6) is 0.955. The van der Waals surface area contributed by atoms with E-state index in [1.165, 1.54) is 0 Å². The van der Waals surface area contributed by atoms with Gasteiger partial charge in [-0.2, -0.15) is 0 Å². The maximum absolute atomic E-state index is 5.77. The molecule has 0 atom stereocenters. The van der Waals surface area contributed by atoms with Crippen LogP contribution in [-0.2, 0) is 0 Å². The molecule has 3 N–H and O–H groups in total. The van der Waals surface area contributed by atoms with Gasteiger partial charge in [0.05, 0.1) is 5.52 Å². The highest BCUT2D eigenvalue weighted by atomic mass is 15.2. The Balaban J connectivity index is 2.27. The van der Waals surface area contributed by atoms with Crippen LogP contribution >= 0.6 is 0 Å². The third-order valence-electron chi connectivity index (χ3n) is 2.92. The Morgan fingerprint density at radius 2 is 2.17 bits per heavy atom. The van der Waals surface area contributed by atoms with Crippen LogP contribution in [0.25, 0.3) is 10.9 Å². The van der Waals surface area contributed by atoms with Crippen LogP contribution in [0.2, 0.25) is 0 Å². The van der Waals surface area contributed by atoms with Gasteiger partial charge in [-0.15, -0.1) is 0 Å². The zero-order chi connectivity index (χ0) is 13.0. The number of aromatic nitrogens is 2. The van der Waals surface area contributed by atoms with Gasteiger partial charge in [-0.1, -0.05) is 0 Å². The summed E-state index contributed by atoms with van der Waals surface area (Å²) in [6.07, 6.45) is 2.67. The minimum Gasteiger partial charge on any atom is -0.399 e. The van der Waals surface area contributed by atoms with E-state index in [-0.39, 0.29) is 0 Å². The smallest absolute Gasteiger partial charge is 0.139 e. The van der Waals surface area contributed by atoms with Gasteiger partial charge in [-0.25, -0.2) is 9.97 Å². The van der Waals surface area contributed by atoms with Crippen molar-refractivity contribution in [1.29, 1.82) is 0 Å². The number of hydrogen-bond acceptors (Lipinski definition) is 5. The van der Waals surface area contributed by atoms with Gasteiger partial charge in [-0.05, 0) is 38.2 Å². The number of anilines is 2. The van der Waals surface area contributed by atoms with Gasteiger partial charge >= 0.3 is 0 Å². The van der Waals surface area contributed by atoms with Crippen molar-refractivity contribution in [1.82, 2.24) is 15.3 Å². The molecule has 0 bridgehead atoms. The number of nitrogens with one attached hydrogen (secondary N) is 1. The molecule has 0 unspecified atom stereocenters. The molecule has 0 amide bonds. The second-order valence-electron chi connectivity index (χ2n) is 4.35.